The maximum absolute atomic E-state index is 9.36. The van der Waals surface area contributed by atoms with E-state index in [9.17, 15) is 5.11 Å². The third kappa shape index (κ3) is 1.31. The highest BCUT2D eigenvalue weighted by Crippen LogP contribution is 2.16. The van der Waals surface area contributed by atoms with Crippen LogP contribution < -0.4 is 5.19 Å². The Morgan fingerprint density at radius 2 is 1.73 bits per heavy atom. The first kappa shape index (κ1) is 8.33. The highest BCUT2D eigenvalue weighted by molar-refractivity contribution is 6.35. The van der Waals surface area contributed by atoms with Gasteiger partial charge in [-0.3, -0.25) is 0 Å². The number of phenols is 1. The molecule has 0 aromatic heterocycles. The molecule has 0 atom stereocenters. The van der Waals surface area contributed by atoms with Crippen molar-refractivity contribution in [1.82, 2.24) is 0 Å². The van der Waals surface area contributed by atoms with E-state index in [-0.39, 0.29) is 0 Å². The minimum Gasteiger partial charge on any atom is -0.508 e. The zero-order chi connectivity index (χ0) is 8.59. The van der Waals surface area contributed by atoms with Gasteiger partial charge >= 0.3 is 0 Å². The maximum Gasteiger partial charge on any atom is 0.114 e. The quantitative estimate of drug-likeness (QED) is 0.568. The Labute approximate surface area is 70.5 Å². The molecule has 1 aromatic carbocycles. The second-order valence-corrected chi connectivity index (χ2v) is 3.34. The number of hydrogen-bond donors (Lipinski definition) is 1. The Balaban J connectivity index is 3.46. The van der Waals surface area contributed by atoms with Crippen molar-refractivity contribution in [3.05, 3.63) is 22.8 Å². The molecule has 0 heterocycles. The van der Waals surface area contributed by atoms with Crippen LogP contribution in [0.25, 0.3) is 0 Å². The molecule has 0 aliphatic carbocycles. The lowest BCUT2D eigenvalue weighted by molar-refractivity contribution is 0.478. The van der Waals surface area contributed by atoms with Crippen LogP contribution >= 0.6 is 0 Å². The van der Waals surface area contributed by atoms with Gasteiger partial charge in [0.15, 0.2) is 0 Å². The van der Waals surface area contributed by atoms with Crippen LogP contribution in [0.5, 0.6) is 5.75 Å². The summed E-state index contributed by atoms with van der Waals surface area (Å²) < 4.78 is 0. The van der Waals surface area contributed by atoms with E-state index >= 15 is 0 Å². The van der Waals surface area contributed by atoms with Crippen molar-refractivity contribution in [2.75, 3.05) is 0 Å². The maximum atomic E-state index is 9.36. The van der Waals surface area contributed by atoms with Crippen molar-refractivity contribution >= 4 is 15.4 Å². The molecule has 2 heteroatoms. The van der Waals surface area contributed by atoms with E-state index in [1.54, 1.807) is 6.07 Å². The molecule has 0 amide bonds. The monoisotopic (exact) mass is 163 g/mol. The van der Waals surface area contributed by atoms with Crippen LogP contribution in [0.2, 0.25) is 0 Å². The Morgan fingerprint density at radius 3 is 2.27 bits per heavy atom. The van der Waals surface area contributed by atoms with E-state index in [0.29, 0.717) is 5.75 Å². The van der Waals surface area contributed by atoms with E-state index in [1.165, 1.54) is 5.56 Å². The van der Waals surface area contributed by atoms with Gasteiger partial charge in [0.25, 0.3) is 0 Å². The zero-order valence-electron chi connectivity index (χ0n) is 7.02. The molecule has 0 saturated heterocycles. The molecule has 0 fully saturated rings. The molecule has 3 radical (unpaired) electrons. The first-order valence-corrected chi connectivity index (χ1v) is 4.05. The van der Waals surface area contributed by atoms with E-state index in [2.05, 4.69) is 10.2 Å². The molecule has 1 rings (SSSR count). The second-order valence-electron chi connectivity index (χ2n) is 2.84. The van der Waals surface area contributed by atoms with Crippen LogP contribution in [0.3, 0.4) is 0 Å². The van der Waals surface area contributed by atoms with Crippen LogP contribution in [-0.2, 0) is 0 Å². The standard InChI is InChI=1S/C9H11OSi/c1-5-4-8(10)9(11)7(3)6(5)2/h4,10H,1-3H3. The summed E-state index contributed by atoms with van der Waals surface area (Å²) in [5.74, 6) is 0.322. The zero-order valence-corrected chi connectivity index (χ0v) is 8.02. The van der Waals surface area contributed by atoms with Gasteiger partial charge in [0.2, 0.25) is 0 Å². The molecule has 1 aromatic rings. The second kappa shape index (κ2) is 2.70. The number of hydrogen-bond acceptors (Lipinski definition) is 1. The van der Waals surface area contributed by atoms with Crippen molar-refractivity contribution in [3.63, 3.8) is 0 Å². The molecule has 1 N–H and O–H groups in total. The summed E-state index contributed by atoms with van der Waals surface area (Å²) in [5, 5.41) is 10.2. The summed E-state index contributed by atoms with van der Waals surface area (Å²) in [6.45, 7) is 6.03. The summed E-state index contributed by atoms with van der Waals surface area (Å²) in [7, 11) is 3.36. The fourth-order valence-corrected chi connectivity index (χ4v) is 1.32. The number of aryl methyl sites for hydroxylation is 1. The van der Waals surface area contributed by atoms with Crippen LogP contribution in [0.4, 0.5) is 0 Å². The molecule has 57 valence electrons. The molecule has 0 aliphatic heterocycles. The molecule has 1 nitrogen and oxygen atoms in total. The third-order valence-corrected chi connectivity index (χ3v) is 2.77. The highest BCUT2D eigenvalue weighted by Gasteiger charge is 2.04. The Hall–Kier alpha value is -0.763. The predicted octanol–water partition coefficient (Wildman–Crippen LogP) is 1.11. The molecule has 0 saturated carbocycles. The largest absolute Gasteiger partial charge is 0.508 e. The number of rotatable bonds is 0. The van der Waals surface area contributed by atoms with Gasteiger partial charge in [-0.1, -0.05) is 0 Å². The van der Waals surface area contributed by atoms with Crippen LogP contribution in [0.15, 0.2) is 6.07 Å². The lowest BCUT2D eigenvalue weighted by Crippen LogP contribution is -2.10. The molecule has 0 bridgehead atoms. The molecular weight excluding hydrogens is 152 g/mol. The summed E-state index contributed by atoms with van der Waals surface area (Å²) in [4.78, 5) is 0. The number of aromatic hydroxyl groups is 1. The van der Waals surface area contributed by atoms with Crippen molar-refractivity contribution < 1.29 is 5.11 Å². The average Bonchev–Trinajstić information content (AvgIpc) is 1.97. The summed E-state index contributed by atoms with van der Waals surface area (Å²) in [6.07, 6.45) is 0. The van der Waals surface area contributed by atoms with E-state index in [0.717, 1.165) is 16.3 Å². The van der Waals surface area contributed by atoms with Crippen molar-refractivity contribution in [2.24, 2.45) is 0 Å². The van der Waals surface area contributed by atoms with Crippen LogP contribution in [0, 0.1) is 20.8 Å². The lowest BCUT2D eigenvalue weighted by Gasteiger charge is -2.09. The molecule has 0 spiro atoms. The third-order valence-electron chi connectivity index (χ3n) is 2.14. The van der Waals surface area contributed by atoms with Crippen LogP contribution in [-0.4, -0.2) is 15.3 Å². The molecule has 11 heavy (non-hydrogen) atoms. The SMILES string of the molecule is Cc1cc(O)c([Si])c(C)c1C. The normalized spacial score (nSPS) is 10.2. The van der Waals surface area contributed by atoms with Gasteiger partial charge < -0.3 is 5.11 Å². The lowest BCUT2D eigenvalue weighted by atomic mass is 10.0. The van der Waals surface area contributed by atoms with Gasteiger partial charge in [-0.2, -0.15) is 0 Å². The molecular formula is C9H11OSi. The van der Waals surface area contributed by atoms with E-state index < -0.39 is 0 Å². The Kier molecular flexibility index (Phi) is 2.05. The van der Waals surface area contributed by atoms with Crippen molar-refractivity contribution in [3.8, 4) is 5.75 Å². The van der Waals surface area contributed by atoms with Crippen molar-refractivity contribution in [2.45, 2.75) is 20.8 Å². The van der Waals surface area contributed by atoms with Gasteiger partial charge in [0, 0.05) is 0 Å². The Morgan fingerprint density at radius 1 is 1.18 bits per heavy atom. The minimum absolute atomic E-state index is 0.322. The van der Waals surface area contributed by atoms with Gasteiger partial charge in [-0.25, -0.2) is 0 Å². The minimum atomic E-state index is 0.322. The van der Waals surface area contributed by atoms with Gasteiger partial charge in [-0.15, -0.1) is 0 Å². The predicted molar refractivity (Wildman–Crippen MR) is 47.7 cm³/mol. The number of benzene rings is 1. The molecule has 0 aliphatic rings. The van der Waals surface area contributed by atoms with Gasteiger partial charge in [0.1, 0.15) is 5.75 Å². The first-order valence-electron chi connectivity index (χ1n) is 3.55. The fraction of sp³-hybridized carbons (Fsp3) is 0.333. The highest BCUT2D eigenvalue weighted by atomic mass is 28.1. The summed E-state index contributed by atoms with van der Waals surface area (Å²) in [5.41, 5.74) is 3.47. The smallest absolute Gasteiger partial charge is 0.114 e. The fourth-order valence-electron chi connectivity index (χ4n) is 1.06. The summed E-state index contributed by atoms with van der Waals surface area (Å²) >= 11 is 0. The topological polar surface area (TPSA) is 20.2 Å². The molecule has 0 unspecified atom stereocenters. The average molecular weight is 163 g/mol. The first-order chi connectivity index (χ1) is 5.04. The Bertz CT molecular complexity index is 266. The van der Waals surface area contributed by atoms with E-state index in [4.69, 9.17) is 0 Å². The van der Waals surface area contributed by atoms with Gasteiger partial charge in [0.05, 0.1) is 10.2 Å². The van der Waals surface area contributed by atoms with Gasteiger partial charge in [-0.05, 0) is 48.7 Å². The summed E-state index contributed by atoms with van der Waals surface area (Å²) in [6, 6.07) is 1.77. The number of phenolic OH excluding ortho intramolecular Hbond substituents is 1. The van der Waals surface area contributed by atoms with Crippen LogP contribution in [0.1, 0.15) is 16.7 Å². The van der Waals surface area contributed by atoms with Crippen molar-refractivity contribution in [1.29, 1.82) is 0 Å². The van der Waals surface area contributed by atoms with E-state index in [1.807, 2.05) is 20.8 Å².